The molecule has 2 aromatic rings. The Morgan fingerprint density at radius 2 is 1.52 bits per heavy atom. The molecule has 1 aliphatic heterocycles. The summed E-state index contributed by atoms with van der Waals surface area (Å²) >= 11 is 0. The fraction of sp³-hybridized carbons (Fsp3) is 0.515. The molecule has 40 heavy (non-hydrogen) atoms. The van der Waals surface area contributed by atoms with Crippen LogP contribution >= 0.6 is 0 Å². The Hall–Kier alpha value is -2.77. The second-order valence-corrected chi connectivity index (χ2v) is 12.0. The predicted octanol–water partition coefficient (Wildman–Crippen LogP) is 7.03. The average molecular weight is 568 g/mol. The van der Waals surface area contributed by atoms with Gasteiger partial charge in [-0.3, -0.25) is 9.79 Å². The molecule has 2 atom stereocenters. The molecule has 1 amide bonds. The van der Waals surface area contributed by atoms with Crippen molar-refractivity contribution < 1.29 is 13.2 Å². The molecule has 0 radical (unpaired) electrons. The molecule has 2 unspecified atom stereocenters. The van der Waals surface area contributed by atoms with Crippen LogP contribution in [0, 0.1) is 11.8 Å². The molecule has 0 spiro atoms. The highest BCUT2D eigenvalue weighted by Gasteiger charge is 2.36. The van der Waals surface area contributed by atoms with Crippen LogP contribution in [0.15, 0.2) is 77.6 Å². The van der Waals surface area contributed by atoms with Crippen LogP contribution in [0.2, 0.25) is 0 Å². The number of carbonyl (C=O) groups excluding carboxylic acids is 1. The number of benzene rings is 2. The third kappa shape index (κ3) is 9.13. The normalized spacial score (nSPS) is 22.8. The minimum absolute atomic E-state index is 0.0235. The van der Waals surface area contributed by atoms with E-state index in [1.807, 2.05) is 13.8 Å². The van der Waals surface area contributed by atoms with Gasteiger partial charge in [0.2, 0.25) is 15.9 Å². The summed E-state index contributed by atoms with van der Waals surface area (Å²) < 4.78 is 27.6. The van der Waals surface area contributed by atoms with Crippen LogP contribution in [0.25, 0.3) is 0 Å². The lowest BCUT2D eigenvalue weighted by Gasteiger charge is -2.28. The standard InChI is InChI=1S/C26H31N3O3S.C3H8.C2H6.C2H4/c30-26(29-25-16-23-22-9-5-4-6-19(22)14-15-24(23)28-25)20-12-10-18(11-13-20)17-27-33(31,32)21-7-2-1-3-8-21;1-3-2;2*1-2/h1-9,18,20,23-24,27H,10-17H2,(H,28,29,30);3H2,1-2H3;1-2H3;1-2H2. The van der Waals surface area contributed by atoms with E-state index in [0.717, 1.165) is 50.8 Å². The highest BCUT2D eigenvalue weighted by Crippen LogP contribution is 2.39. The summed E-state index contributed by atoms with van der Waals surface area (Å²) in [5.74, 6) is 1.53. The number of aryl methyl sites for hydroxylation is 1. The van der Waals surface area contributed by atoms with Crippen LogP contribution in [0.4, 0.5) is 0 Å². The maximum Gasteiger partial charge on any atom is 0.240 e. The smallest absolute Gasteiger partial charge is 0.240 e. The van der Waals surface area contributed by atoms with Crippen molar-refractivity contribution in [3.8, 4) is 0 Å². The zero-order valence-electron chi connectivity index (χ0n) is 24.9. The molecule has 6 nitrogen and oxygen atoms in total. The number of fused-ring (bicyclic) bond motifs is 3. The van der Waals surface area contributed by atoms with Gasteiger partial charge in [0.1, 0.15) is 5.84 Å². The van der Waals surface area contributed by atoms with Gasteiger partial charge in [-0.1, -0.05) is 76.6 Å². The number of carbonyl (C=O) groups is 1. The molecular weight excluding hydrogens is 518 g/mol. The number of hydrogen-bond acceptors (Lipinski definition) is 4. The Labute approximate surface area is 242 Å². The quantitative estimate of drug-likeness (QED) is 0.380. The molecule has 0 bridgehead atoms. The molecule has 220 valence electrons. The third-order valence-corrected chi connectivity index (χ3v) is 8.90. The van der Waals surface area contributed by atoms with E-state index in [0.29, 0.717) is 17.4 Å². The maximum atomic E-state index is 12.9. The van der Waals surface area contributed by atoms with Crippen LogP contribution in [-0.4, -0.2) is 32.7 Å². The van der Waals surface area contributed by atoms with Gasteiger partial charge in [0.05, 0.1) is 10.9 Å². The summed E-state index contributed by atoms with van der Waals surface area (Å²) in [5, 5.41) is 3.13. The Morgan fingerprint density at radius 3 is 2.17 bits per heavy atom. The van der Waals surface area contributed by atoms with Crippen LogP contribution in [-0.2, 0) is 21.2 Å². The summed E-state index contributed by atoms with van der Waals surface area (Å²) in [5.41, 5.74) is 2.81. The Bertz CT molecular complexity index is 1170. The Morgan fingerprint density at radius 1 is 0.925 bits per heavy atom. The van der Waals surface area contributed by atoms with Gasteiger partial charge in [-0.05, 0) is 67.7 Å². The monoisotopic (exact) mass is 567 g/mol. The molecule has 0 aromatic heterocycles. The number of nitrogens with one attached hydrogen (secondary N) is 2. The zero-order chi connectivity index (χ0) is 29.5. The number of aliphatic imine (C=N–C) groups is 1. The van der Waals surface area contributed by atoms with E-state index < -0.39 is 10.0 Å². The molecular formula is C33H49N3O3S. The topological polar surface area (TPSA) is 87.6 Å². The van der Waals surface area contributed by atoms with Crippen LogP contribution in [0.3, 0.4) is 0 Å². The predicted molar refractivity (Wildman–Crippen MR) is 167 cm³/mol. The number of hydrogen-bond donors (Lipinski definition) is 2. The van der Waals surface area contributed by atoms with Crippen molar-refractivity contribution in [2.75, 3.05) is 6.54 Å². The van der Waals surface area contributed by atoms with Gasteiger partial charge in [0.15, 0.2) is 0 Å². The van der Waals surface area contributed by atoms with Crippen molar-refractivity contribution in [2.45, 2.75) is 95.9 Å². The van der Waals surface area contributed by atoms with Crippen molar-refractivity contribution in [3.63, 3.8) is 0 Å². The first-order chi connectivity index (χ1) is 19.4. The van der Waals surface area contributed by atoms with Crippen molar-refractivity contribution in [3.05, 3.63) is 78.9 Å². The molecule has 1 saturated carbocycles. The molecule has 2 aliphatic carbocycles. The van der Waals surface area contributed by atoms with Gasteiger partial charge in [-0.2, -0.15) is 0 Å². The maximum absolute atomic E-state index is 12.9. The van der Waals surface area contributed by atoms with E-state index in [1.165, 1.54) is 17.5 Å². The van der Waals surface area contributed by atoms with Crippen molar-refractivity contribution in [2.24, 2.45) is 16.8 Å². The molecule has 7 heteroatoms. The largest absolute Gasteiger partial charge is 0.314 e. The summed E-state index contributed by atoms with van der Waals surface area (Å²) in [4.78, 5) is 18.1. The van der Waals surface area contributed by atoms with Crippen molar-refractivity contribution in [1.29, 1.82) is 0 Å². The number of nitrogens with zero attached hydrogens (tertiary/aromatic N) is 1. The minimum Gasteiger partial charge on any atom is -0.314 e. The van der Waals surface area contributed by atoms with E-state index in [4.69, 9.17) is 4.99 Å². The molecule has 1 fully saturated rings. The van der Waals surface area contributed by atoms with Crippen LogP contribution in [0.5, 0.6) is 0 Å². The van der Waals surface area contributed by atoms with Gasteiger partial charge >= 0.3 is 0 Å². The van der Waals surface area contributed by atoms with Gasteiger partial charge in [-0.15, -0.1) is 13.2 Å². The van der Waals surface area contributed by atoms with Crippen LogP contribution < -0.4 is 10.0 Å². The first kappa shape index (κ1) is 33.4. The van der Waals surface area contributed by atoms with Gasteiger partial charge in [0, 0.05) is 24.8 Å². The molecule has 5 rings (SSSR count). The fourth-order valence-electron chi connectivity index (χ4n) is 5.56. The first-order valence-corrected chi connectivity index (χ1v) is 16.4. The lowest BCUT2D eigenvalue weighted by molar-refractivity contribution is -0.124. The molecule has 1 heterocycles. The number of sulfonamides is 1. The molecule has 2 aromatic carbocycles. The number of amidine groups is 1. The van der Waals surface area contributed by atoms with Gasteiger partial charge < -0.3 is 5.32 Å². The molecule has 3 aliphatic rings. The Balaban J connectivity index is 0.000000737. The second kappa shape index (κ2) is 17.1. The SMILES string of the molecule is C=C.CC.CCC.O=C(NC1=NC2CCc3ccccc3C2C1)C1CCC(CNS(=O)(=O)c2ccccc2)CC1. The summed E-state index contributed by atoms with van der Waals surface area (Å²) in [6, 6.07) is 17.3. The highest BCUT2D eigenvalue weighted by molar-refractivity contribution is 7.89. The van der Waals surface area contributed by atoms with E-state index in [2.05, 4.69) is 61.3 Å². The third-order valence-electron chi connectivity index (χ3n) is 7.46. The molecule has 0 saturated heterocycles. The average Bonchev–Trinajstić information content (AvgIpc) is 3.42. The van der Waals surface area contributed by atoms with Crippen LogP contribution in [0.1, 0.15) is 89.7 Å². The zero-order valence-corrected chi connectivity index (χ0v) is 25.7. The first-order valence-electron chi connectivity index (χ1n) is 14.9. The second-order valence-electron chi connectivity index (χ2n) is 10.3. The van der Waals surface area contributed by atoms with Crippen molar-refractivity contribution >= 4 is 21.8 Å². The number of amides is 1. The summed E-state index contributed by atoms with van der Waals surface area (Å²) in [7, 11) is -3.48. The minimum atomic E-state index is -3.48. The summed E-state index contributed by atoms with van der Waals surface area (Å²) in [6.45, 7) is 14.7. The van der Waals surface area contributed by atoms with E-state index >= 15 is 0 Å². The van der Waals surface area contributed by atoms with E-state index in [-0.39, 0.29) is 23.8 Å². The van der Waals surface area contributed by atoms with Gasteiger partial charge in [-0.25, -0.2) is 13.1 Å². The highest BCUT2D eigenvalue weighted by atomic mass is 32.2. The van der Waals surface area contributed by atoms with Crippen molar-refractivity contribution in [1.82, 2.24) is 10.0 Å². The fourth-order valence-corrected chi connectivity index (χ4v) is 6.70. The molecule has 2 N–H and O–H groups in total. The Kier molecular flexibility index (Phi) is 14.3. The number of rotatable bonds is 5. The lowest BCUT2D eigenvalue weighted by Crippen LogP contribution is -2.38. The van der Waals surface area contributed by atoms with Gasteiger partial charge in [0.25, 0.3) is 0 Å². The summed E-state index contributed by atoms with van der Waals surface area (Å²) in [6.07, 6.45) is 7.43. The lowest BCUT2D eigenvalue weighted by atomic mass is 9.79. The van der Waals surface area contributed by atoms with E-state index in [9.17, 15) is 13.2 Å². The van der Waals surface area contributed by atoms with E-state index in [1.54, 1.807) is 30.3 Å².